The smallest absolute Gasteiger partial charge is 0.191 e. The minimum absolute atomic E-state index is 0. The van der Waals surface area contributed by atoms with Crippen LogP contribution >= 0.6 is 35.8 Å². The maximum atomic E-state index is 6.25. The molecule has 184 valence electrons. The Morgan fingerprint density at radius 1 is 1.15 bits per heavy atom. The lowest BCUT2D eigenvalue weighted by atomic mass is 10.1. The van der Waals surface area contributed by atoms with E-state index in [2.05, 4.69) is 44.8 Å². The van der Waals surface area contributed by atoms with E-state index in [0.717, 1.165) is 59.1 Å². The first-order valence-corrected chi connectivity index (χ1v) is 13.1. The Balaban J connectivity index is 0.00000324. The molecule has 5 nitrogen and oxygen atoms in total. The van der Waals surface area contributed by atoms with E-state index < -0.39 is 0 Å². The van der Waals surface area contributed by atoms with Gasteiger partial charge in [0.25, 0.3) is 0 Å². The van der Waals surface area contributed by atoms with Crippen molar-refractivity contribution < 1.29 is 4.74 Å². The monoisotopic (exact) mass is 520 g/mol. The number of halogens is 2. The third-order valence-corrected chi connectivity index (χ3v) is 7.60. The van der Waals surface area contributed by atoms with Crippen molar-refractivity contribution in [3.8, 4) is 17.1 Å². The van der Waals surface area contributed by atoms with Crippen molar-refractivity contribution in [2.24, 2.45) is 13.0 Å². The molecule has 0 amide bonds. The molecule has 0 aliphatic heterocycles. The standard InChI is InChI=1S/C26H33ClN4OS.ClH/c1-4-13-31(18-20-16-22(20)23-17-21(27)11-12-24(23)32-3)14-8-15-33-26-29-28-25(30(26)2)19-9-6-5-7-10-19;/h5-7,9-12,17,20,22H,4,8,13-16,18H2,1-3H3;1H. The lowest BCUT2D eigenvalue weighted by molar-refractivity contribution is 0.262. The Hall–Kier alpha value is -1.73. The van der Waals surface area contributed by atoms with E-state index in [9.17, 15) is 0 Å². The van der Waals surface area contributed by atoms with Crippen molar-refractivity contribution in [3.63, 3.8) is 0 Å². The van der Waals surface area contributed by atoms with Gasteiger partial charge in [-0.05, 0) is 68.0 Å². The molecule has 1 fully saturated rings. The van der Waals surface area contributed by atoms with Crippen molar-refractivity contribution in [2.45, 2.75) is 37.3 Å². The Bertz CT molecular complexity index is 1050. The minimum atomic E-state index is 0. The number of methoxy groups -OCH3 is 1. The Labute approximate surface area is 218 Å². The molecule has 0 N–H and O–H groups in total. The number of nitrogens with zero attached hydrogens (tertiary/aromatic N) is 4. The van der Waals surface area contributed by atoms with Crippen LogP contribution < -0.4 is 4.74 Å². The van der Waals surface area contributed by atoms with Gasteiger partial charge in [-0.2, -0.15) is 0 Å². The Morgan fingerprint density at radius 2 is 1.94 bits per heavy atom. The first-order valence-electron chi connectivity index (χ1n) is 11.7. The summed E-state index contributed by atoms with van der Waals surface area (Å²) in [6.45, 7) is 5.65. The van der Waals surface area contributed by atoms with Gasteiger partial charge in [-0.15, -0.1) is 22.6 Å². The maximum absolute atomic E-state index is 6.25. The third kappa shape index (κ3) is 6.69. The number of thioether (sulfide) groups is 1. The number of hydrogen-bond donors (Lipinski definition) is 0. The molecule has 0 spiro atoms. The maximum Gasteiger partial charge on any atom is 0.191 e. The summed E-state index contributed by atoms with van der Waals surface area (Å²) in [5.74, 6) is 4.16. The molecule has 2 atom stereocenters. The highest BCUT2D eigenvalue weighted by Gasteiger charge is 2.40. The van der Waals surface area contributed by atoms with Gasteiger partial charge >= 0.3 is 0 Å². The quantitative estimate of drug-likeness (QED) is 0.199. The van der Waals surface area contributed by atoms with Crippen LogP contribution in [0, 0.1) is 5.92 Å². The largest absolute Gasteiger partial charge is 0.496 e. The molecule has 34 heavy (non-hydrogen) atoms. The van der Waals surface area contributed by atoms with E-state index >= 15 is 0 Å². The topological polar surface area (TPSA) is 43.2 Å². The molecule has 0 radical (unpaired) electrons. The van der Waals surface area contributed by atoms with Crippen LogP contribution in [0.3, 0.4) is 0 Å². The molecular weight excluding hydrogens is 487 g/mol. The molecule has 8 heteroatoms. The zero-order valence-corrected chi connectivity index (χ0v) is 22.5. The lowest BCUT2D eigenvalue weighted by Crippen LogP contribution is -2.28. The highest BCUT2D eigenvalue weighted by atomic mass is 35.5. The molecule has 2 unspecified atom stereocenters. The molecule has 3 aromatic rings. The summed E-state index contributed by atoms with van der Waals surface area (Å²) in [6.07, 6.45) is 3.53. The van der Waals surface area contributed by atoms with E-state index in [1.165, 1.54) is 18.4 Å². The van der Waals surface area contributed by atoms with Crippen molar-refractivity contribution in [1.29, 1.82) is 0 Å². The summed E-state index contributed by atoms with van der Waals surface area (Å²) in [6, 6.07) is 16.2. The normalized spacial score (nSPS) is 17.0. The van der Waals surface area contributed by atoms with Gasteiger partial charge in [0.15, 0.2) is 11.0 Å². The molecule has 1 heterocycles. The number of rotatable bonds is 12. The molecule has 2 aromatic carbocycles. The summed E-state index contributed by atoms with van der Waals surface area (Å²) in [4.78, 5) is 2.62. The van der Waals surface area contributed by atoms with E-state index in [4.69, 9.17) is 16.3 Å². The fourth-order valence-corrected chi connectivity index (χ4v) is 5.51. The highest BCUT2D eigenvalue weighted by Crippen LogP contribution is 2.51. The summed E-state index contributed by atoms with van der Waals surface area (Å²) >= 11 is 8.04. The summed E-state index contributed by atoms with van der Waals surface area (Å²) in [5, 5.41) is 10.6. The molecule has 1 aliphatic rings. The Kier molecular flexibility index (Phi) is 10.1. The minimum Gasteiger partial charge on any atom is -0.496 e. The van der Waals surface area contributed by atoms with Crippen LogP contribution in [0.2, 0.25) is 5.02 Å². The van der Waals surface area contributed by atoms with Gasteiger partial charge in [0.2, 0.25) is 0 Å². The van der Waals surface area contributed by atoms with E-state index in [-0.39, 0.29) is 12.4 Å². The SMILES string of the molecule is CCCN(CCCSc1nnc(-c2ccccc2)n1C)CC1CC1c1cc(Cl)ccc1OC.Cl. The molecule has 0 saturated heterocycles. The van der Waals surface area contributed by atoms with Crippen molar-refractivity contribution >= 4 is 35.8 Å². The molecule has 0 bridgehead atoms. The summed E-state index contributed by atoms with van der Waals surface area (Å²) in [7, 11) is 3.79. The van der Waals surface area contributed by atoms with E-state index in [1.54, 1.807) is 18.9 Å². The predicted molar refractivity (Wildman–Crippen MR) is 145 cm³/mol. The molecule has 4 rings (SSSR count). The van der Waals surface area contributed by atoms with Gasteiger partial charge in [0.1, 0.15) is 5.75 Å². The first-order chi connectivity index (χ1) is 16.1. The van der Waals surface area contributed by atoms with Gasteiger partial charge < -0.3 is 14.2 Å². The molecule has 1 saturated carbocycles. The van der Waals surface area contributed by atoms with Crippen molar-refractivity contribution in [3.05, 3.63) is 59.1 Å². The van der Waals surface area contributed by atoms with Crippen LogP contribution in [-0.2, 0) is 7.05 Å². The van der Waals surface area contributed by atoms with Crippen LogP contribution in [0.4, 0.5) is 0 Å². The summed E-state index contributed by atoms with van der Waals surface area (Å²) in [5.41, 5.74) is 2.36. The van der Waals surface area contributed by atoms with Crippen LogP contribution in [0.5, 0.6) is 5.75 Å². The number of ether oxygens (including phenoxy) is 1. The van der Waals surface area contributed by atoms with Crippen LogP contribution in [0.25, 0.3) is 11.4 Å². The van der Waals surface area contributed by atoms with E-state index in [0.29, 0.717) is 11.8 Å². The third-order valence-electron chi connectivity index (χ3n) is 6.26. The van der Waals surface area contributed by atoms with Crippen molar-refractivity contribution in [2.75, 3.05) is 32.5 Å². The zero-order chi connectivity index (χ0) is 23.2. The number of benzene rings is 2. The van der Waals surface area contributed by atoms with Gasteiger partial charge in [-0.25, -0.2) is 0 Å². The van der Waals surface area contributed by atoms with Crippen molar-refractivity contribution in [1.82, 2.24) is 19.7 Å². The van der Waals surface area contributed by atoms with Crippen LogP contribution in [0.1, 0.15) is 37.7 Å². The molecular formula is C26H34Cl2N4OS. The van der Waals surface area contributed by atoms with Crippen LogP contribution in [0.15, 0.2) is 53.7 Å². The molecule has 1 aliphatic carbocycles. The van der Waals surface area contributed by atoms with Gasteiger partial charge in [-0.3, -0.25) is 0 Å². The van der Waals surface area contributed by atoms with Crippen LogP contribution in [-0.4, -0.2) is 52.2 Å². The fraction of sp³-hybridized carbons (Fsp3) is 0.462. The zero-order valence-electron chi connectivity index (χ0n) is 20.1. The van der Waals surface area contributed by atoms with Gasteiger partial charge in [0.05, 0.1) is 7.11 Å². The number of hydrogen-bond acceptors (Lipinski definition) is 5. The summed E-state index contributed by atoms with van der Waals surface area (Å²) < 4.78 is 7.67. The fourth-order valence-electron chi connectivity index (χ4n) is 4.50. The second-order valence-electron chi connectivity index (χ2n) is 8.72. The van der Waals surface area contributed by atoms with E-state index in [1.807, 2.05) is 37.4 Å². The first kappa shape index (κ1) is 26.9. The highest BCUT2D eigenvalue weighted by molar-refractivity contribution is 7.99. The lowest BCUT2D eigenvalue weighted by Gasteiger charge is -2.22. The average molecular weight is 522 g/mol. The second kappa shape index (κ2) is 12.8. The number of aromatic nitrogens is 3. The second-order valence-corrected chi connectivity index (χ2v) is 10.2. The Morgan fingerprint density at radius 3 is 2.68 bits per heavy atom. The average Bonchev–Trinajstić information content (AvgIpc) is 3.50. The van der Waals surface area contributed by atoms with Gasteiger partial charge in [-0.1, -0.05) is 60.6 Å². The van der Waals surface area contributed by atoms with Gasteiger partial charge in [0, 0.05) is 29.9 Å². The predicted octanol–water partition coefficient (Wildman–Crippen LogP) is 6.56. The molecule has 1 aromatic heterocycles.